The summed E-state index contributed by atoms with van der Waals surface area (Å²) in [6.07, 6.45) is 1.22. The maximum atomic E-state index is 13.6. The summed E-state index contributed by atoms with van der Waals surface area (Å²) in [5.74, 6) is -0.794. The molecule has 0 aliphatic carbocycles. The molecule has 2 aromatic heterocycles. The first-order valence-electron chi connectivity index (χ1n) is 13.2. The van der Waals surface area contributed by atoms with Crippen LogP contribution in [-0.2, 0) is 33.5 Å². The Hall–Kier alpha value is -4.68. The number of benzene rings is 3. The third-order valence-corrected chi connectivity index (χ3v) is 7.88. The van der Waals surface area contributed by atoms with Crippen LogP contribution in [0.2, 0.25) is 0 Å². The van der Waals surface area contributed by atoms with E-state index >= 15 is 0 Å². The van der Waals surface area contributed by atoms with Crippen molar-refractivity contribution in [2.24, 2.45) is 0 Å². The maximum Gasteiger partial charge on any atom is 0.303 e. The summed E-state index contributed by atoms with van der Waals surface area (Å²) < 4.78 is 47.8. The van der Waals surface area contributed by atoms with E-state index in [4.69, 9.17) is 14.6 Å². The average molecular weight is 591 g/mol. The summed E-state index contributed by atoms with van der Waals surface area (Å²) in [7, 11) is -3.61. The molecule has 12 heteroatoms. The van der Waals surface area contributed by atoms with E-state index < -0.39 is 21.8 Å². The standard InChI is InChI=1S/C30H27FN4O6S/c31-22-11-13-23(14-12-22)35-28(8-4-5-9-29(36)37)33-27-16-21(10-15-25(27)30(35)38)26-17-24(41-34-26)18-32-42(39,40)19-20-6-2-1-3-7-20/h1-3,6-7,10-17,32H,4-5,8-9,18-19H2,(H,36,37). The molecule has 0 saturated carbocycles. The van der Waals surface area contributed by atoms with Crippen molar-refractivity contribution in [3.63, 3.8) is 0 Å². The number of aliphatic carboxylic acids is 1. The molecule has 216 valence electrons. The molecule has 0 fully saturated rings. The highest BCUT2D eigenvalue weighted by Crippen LogP contribution is 2.24. The van der Waals surface area contributed by atoms with E-state index in [-0.39, 0.29) is 24.3 Å². The van der Waals surface area contributed by atoms with E-state index in [0.29, 0.717) is 64.3 Å². The Labute approximate surface area is 240 Å². The Morgan fingerprint density at radius 1 is 1.00 bits per heavy atom. The van der Waals surface area contributed by atoms with Crippen molar-refractivity contribution in [2.45, 2.75) is 38.0 Å². The van der Waals surface area contributed by atoms with Gasteiger partial charge in [0.2, 0.25) is 10.0 Å². The van der Waals surface area contributed by atoms with Crippen molar-refractivity contribution in [2.75, 3.05) is 0 Å². The average Bonchev–Trinajstić information content (AvgIpc) is 3.44. The highest BCUT2D eigenvalue weighted by Gasteiger charge is 2.17. The van der Waals surface area contributed by atoms with Crippen molar-refractivity contribution in [3.8, 4) is 16.9 Å². The zero-order valence-corrected chi connectivity index (χ0v) is 23.2. The van der Waals surface area contributed by atoms with Gasteiger partial charge in [-0.05, 0) is 54.8 Å². The van der Waals surface area contributed by atoms with Gasteiger partial charge >= 0.3 is 5.97 Å². The fraction of sp³-hybridized carbons (Fsp3) is 0.200. The van der Waals surface area contributed by atoms with Crippen LogP contribution in [0, 0.1) is 5.82 Å². The summed E-state index contributed by atoms with van der Waals surface area (Å²) in [5, 5.41) is 13.4. The smallest absolute Gasteiger partial charge is 0.303 e. The summed E-state index contributed by atoms with van der Waals surface area (Å²) in [6.45, 7) is -0.0864. The number of nitrogens with zero attached hydrogens (tertiary/aromatic N) is 3. The molecule has 0 saturated heterocycles. The molecule has 0 amide bonds. The molecule has 10 nitrogen and oxygen atoms in total. The normalized spacial score (nSPS) is 11.6. The fourth-order valence-corrected chi connectivity index (χ4v) is 5.63. The molecule has 0 radical (unpaired) electrons. The van der Waals surface area contributed by atoms with Crippen molar-refractivity contribution in [1.82, 2.24) is 19.4 Å². The lowest BCUT2D eigenvalue weighted by atomic mass is 10.1. The van der Waals surface area contributed by atoms with Gasteiger partial charge in [0, 0.05) is 24.5 Å². The van der Waals surface area contributed by atoms with E-state index in [1.54, 1.807) is 48.5 Å². The zero-order valence-electron chi connectivity index (χ0n) is 22.4. The molecule has 0 atom stereocenters. The zero-order chi connectivity index (χ0) is 29.7. The number of halogens is 1. The SMILES string of the molecule is O=C(O)CCCCc1nc2cc(-c3cc(CNS(=O)(=O)Cc4ccccc4)on3)ccc2c(=O)n1-c1ccc(F)cc1. The van der Waals surface area contributed by atoms with Crippen LogP contribution < -0.4 is 10.3 Å². The fourth-order valence-electron chi connectivity index (χ4n) is 4.53. The molecule has 0 aliphatic rings. The molecule has 5 aromatic rings. The van der Waals surface area contributed by atoms with E-state index in [2.05, 4.69) is 9.88 Å². The first-order valence-corrected chi connectivity index (χ1v) is 14.8. The number of unbranched alkanes of at least 4 members (excludes halogenated alkanes) is 1. The molecular weight excluding hydrogens is 563 g/mol. The van der Waals surface area contributed by atoms with Crippen molar-refractivity contribution >= 4 is 26.9 Å². The molecule has 2 heterocycles. The minimum Gasteiger partial charge on any atom is -0.481 e. The van der Waals surface area contributed by atoms with Gasteiger partial charge in [-0.1, -0.05) is 41.6 Å². The van der Waals surface area contributed by atoms with Gasteiger partial charge in [0.05, 0.1) is 28.9 Å². The highest BCUT2D eigenvalue weighted by atomic mass is 32.2. The molecule has 2 N–H and O–H groups in total. The monoisotopic (exact) mass is 590 g/mol. The number of aromatic nitrogens is 3. The number of carboxylic acids is 1. The van der Waals surface area contributed by atoms with Crippen molar-refractivity contribution in [1.29, 1.82) is 0 Å². The number of nitrogens with one attached hydrogen (secondary N) is 1. The summed E-state index contributed by atoms with van der Waals surface area (Å²) in [6, 6.07) is 20.9. The number of carboxylic acid groups (broad SMARTS) is 1. The Morgan fingerprint density at radius 3 is 2.50 bits per heavy atom. The first-order chi connectivity index (χ1) is 20.2. The number of sulfonamides is 1. The molecule has 0 bridgehead atoms. The summed E-state index contributed by atoms with van der Waals surface area (Å²) in [4.78, 5) is 29.2. The maximum absolute atomic E-state index is 13.6. The number of aryl methyl sites for hydroxylation is 1. The molecule has 3 aromatic carbocycles. The van der Waals surface area contributed by atoms with Crippen molar-refractivity contribution < 1.29 is 27.2 Å². The Bertz CT molecular complexity index is 1890. The third-order valence-electron chi connectivity index (χ3n) is 6.59. The second kappa shape index (κ2) is 12.5. The second-order valence-corrected chi connectivity index (χ2v) is 11.5. The number of fused-ring (bicyclic) bond motifs is 1. The van der Waals surface area contributed by atoms with Crippen LogP contribution in [-0.4, -0.2) is 34.2 Å². The lowest BCUT2D eigenvalue weighted by Gasteiger charge is -2.14. The van der Waals surface area contributed by atoms with Gasteiger partial charge in [0.1, 0.15) is 17.3 Å². The van der Waals surface area contributed by atoms with E-state index in [9.17, 15) is 22.4 Å². The molecule has 0 unspecified atom stereocenters. The molecule has 0 spiro atoms. The largest absolute Gasteiger partial charge is 0.481 e. The summed E-state index contributed by atoms with van der Waals surface area (Å²) in [5.41, 5.74) is 2.20. The van der Waals surface area contributed by atoms with Crippen LogP contribution in [0.5, 0.6) is 0 Å². The first kappa shape index (κ1) is 28.8. The van der Waals surface area contributed by atoms with Crippen LogP contribution in [0.15, 0.2) is 88.2 Å². The van der Waals surface area contributed by atoms with Crippen LogP contribution in [0.25, 0.3) is 27.8 Å². The van der Waals surface area contributed by atoms with E-state index in [0.717, 1.165) is 0 Å². The van der Waals surface area contributed by atoms with Gasteiger partial charge in [-0.2, -0.15) is 0 Å². The van der Waals surface area contributed by atoms with Gasteiger partial charge < -0.3 is 9.63 Å². The van der Waals surface area contributed by atoms with Gasteiger partial charge in [-0.3, -0.25) is 14.2 Å². The summed E-state index contributed by atoms with van der Waals surface area (Å²) >= 11 is 0. The number of hydrogen-bond donors (Lipinski definition) is 2. The van der Waals surface area contributed by atoms with Crippen LogP contribution >= 0.6 is 0 Å². The number of hydrogen-bond acceptors (Lipinski definition) is 7. The lowest BCUT2D eigenvalue weighted by molar-refractivity contribution is -0.137. The highest BCUT2D eigenvalue weighted by molar-refractivity contribution is 7.88. The van der Waals surface area contributed by atoms with Crippen LogP contribution in [0.1, 0.15) is 36.4 Å². The minimum absolute atomic E-state index is 0.00455. The Morgan fingerprint density at radius 2 is 1.76 bits per heavy atom. The predicted molar refractivity (Wildman–Crippen MR) is 154 cm³/mol. The lowest BCUT2D eigenvalue weighted by Crippen LogP contribution is -2.24. The van der Waals surface area contributed by atoms with E-state index in [1.807, 2.05) is 6.07 Å². The minimum atomic E-state index is -3.61. The predicted octanol–water partition coefficient (Wildman–Crippen LogP) is 4.60. The van der Waals surface area contributed by atoms with Crippen LogP contribution in [0.4, 0.5) is 4.39 Å². The second-order valence-electron chi connectivity index (χ2n) is 9.72. The Kier molecular flexibility index (Phi) is 8.55. The van der Waals surface area contributed by atoms with Gasteiger partial charge in [0.15, 0.2) is 5.76 Å². The molecule has 42 heavy (non-hydrogen) atoms. The third kappa shape index (κ3) is 6.96. The molecular formula is C30H27FN4O6S. The molecule has 5 rings (SSSR count). The van der Waals surface area contributed by atoms with Gasteiger partial charge in [-0.15, -0.1) is 0 Å². The topological polar surface area (TPSA) is 144 Å². The number of rotatable bonds is 12. The van der Waals surface area contributed by atoms with Gasteiger partial charge in [0.25, 0.3) is 5.56 Å². The number of carbonyl (C=O) groups is 1. The van der Waals surface area contributed by atoms with Gasteiger partial charge in [-0.25, -0.2) is 22.5 Å². The van der Waals surface area contributed by atoms with Crippen molar-refractivity contribution in [3.05, 3.63) is 112 Å². The molecule has 0 aliphatic heterocycles. The Balaban J connectivity index is 1.40. The van der Waals surface area contributed by atoms with E-state index in [1.165, 1.54) is 28.8 Å². The van der Waals surface area contributed by atoms with Crippen LogP contribution in [0.3, 0.4) is 0 Å². The quantitative estimate of drug-likeness (QED) is 0.201.